The number of hydrogen-bond donors (Lipinski definition) is 1. The zero-order chi connectivity index (χ0) is 11.3. The molecular weight excluding hydrogens is 221 g/mol. The van der Waals surface area contributed by atoms with Crippen LogP contribution in [-0.2, 0) is 4.79 Å². The Hall–Kier alpha value is -1.42. The average molecular weight is 230 g/mol. The Labute approximate surface area is 91.2 Å². The van der Waals surface area contributed by atoms with E-state index >= 15 is 0 Å². The van der Waals surface area contributed by atoms with E-state index in [0.717, 1.165) is 6.07 Å². The first-order chi connectivity index (χ1) is 7.09. The number of benzene rings is 1. The molecule has 80 valence electrons. The van der Waals surface area contributed by atoms with Crippen LogP contribution in [0, 0.1) is 5.82 Å². The first-order valence-corrected chi connectivity index (χ1v) is 4.69. The normalized spacial score (nSPS) is 9.73. The van der Waals surface area contributed by atoms with Gasteiger partial charge in [0, 0.05) is 18.5 Å². The third-order valence-electron chi connectivity index (χ3n) is 1.69. The SMILES string of the molecule is O=C(Cl)CCNC(=O)c1cccc(F)c1. The maximum absolute atomic E-state index is 12.7. The maximum Gasteiger partial charge on any atom is 0.251 e. The average Bonchev–Trinajstić information content (AvgIpc) is 2.17. The van der Waals surface area contributed by atoms with Crippen molar-refractivity contribution in [3.05, 3.63) is 35.6 Å². The molecule has 0 fully saturated rings. The van der Waals surface area contributed by atoms with Gasteiger partial charge in [-0.05, 0) is 29.8 Å². The van der Waals surface area contributed by atoms with E-state index in [1.165, 1.54) is 18.2 Å². The minimum atomic E-state index is -0.519. The summed E-state index contributed by atoms with van der Waals surface area (Å²) in [7, 11) is 0. The molecule has 1 aromatic rings. The first-order valence-electron chi connectivity index (χ1n) is 4.31. The van der Waals surface area contributed by atoms with Crippen molar-refractivity contribution in [3.63, 3.8) is 0 Å². The lowest BCUT2D eigenvalue weighted by atomic mass is 10.2. The van der Waals surface area contributed by atoms with Crippen LogP contribution in [-0.4, -0.2) is 17.7 Å². The van der Waals surface area contributed by atoms with Crippen LogP contribution >= 0.6 is 11.6 Å². The van der Waals surface area contributed by atoms with E-state index in [2.05, 4.69) is 5.32 Å². The van der Waals surface area contributed by atoms with Crippen LogP contribution in [0.4, 0.5) is 4.39 Å². The molecule has 15 heavy (non-hydrogen) atoms. The molecule has 5 heteroatoms. The number of nitrogens with one attached hydrogen (secondary N) is 1. The molecule has 0 aliphatic carbocycles. The van der Waals surface area contributed by atoms with Gasteiger partial charge in [0.15, 0.2) is 0 Å². The third kappa shape index (κ3) is 4.08. The van der Waals surface area contributed by atoms with Crippen LogP contribution in [0.2, 0.25) is 0 Å². The summed E-state index contributed by atoms with van der Waals surface area (Å²) in [6, 6.07) is 5.30. The maximum atomic E-state index is 12.7. The first kappa shape index (κ1) is 11.7. The van der Waals surface area contributed by atoms with Crippen molar-refractivity contribution < 1.29 is 14.0 Å². The van der Waals surface area contributed by atoms with Crippen molar-refractivity contribution in [2.45, 2.75) is 6.42 Å². The molecule has 1 rings (SSSR count). The Morgan fingerprint density at radius 1 is 1.40 bits per heavy atom. The van der Waals surface area contributed by atoms with Gasteiger partial charge < -0.3 is 5.32 Å². The molecule has 1 aromatic carbocycles. The van der Waals surface area contributed by atoms with Gasteiger partial charge in [0.25, 0.3) is 5.91 Å². The standard InChI is InChI=1S/C10H9ClFNO2/c11-9(14)4-5-13-10(15)7-2-1-3-8(12)6-7/h1-3,6H,4-5H2,(H,13,15). The number of halogens is 2. The van der Waals surface area contributed by atoms with Gasteiger partial charge in [-0.3, -0.25) is 9.59 Å². The molecule has 0 radical (unpaired) electrons. The summed E-state index contributed by atoms with van der Waals surface area (Å²) >= 11 is 5.08. The Kier molecular flexibility index (Phi) is 4.24. The van der Waals surface area contributed by atoms with Gasteiger partial charge in [0.1, 0.15) is 5.82 Å². The molecule has 1 N–H and O–H groups in total. The van der Waals surface area contributed by atoms with Crippen molar-refractivity contribution >= 4 is 22.8 Å². The second kappa shape index (κ2) is 5.46. The van der Waals surface area contributed by atoms with Crippen molar-refractivity contribution in [3.8, 4) is 0 Å². The quantitative estimate of drug-likeness (QED) is 0.799. The van der Waals surface area contributed by atoms with Gasteiger partial charge in [0.2, 0.25) is 5.24 Å². The van der Waals surface area contributed by atoms with Gasteiger partial charge >= 0.3 is 0 Å². The molecule has 3 nitrogen and oxygen atoms in total. The summed E-state index contributed by atoms with van der Waals surface area (Å²) < 4.78 is 12.7. The highest BCUT2D eigenvalue weighted by atomic mass is 35.5. The minimum absolute atomic E-state index is 0.0581. The van der Waals surface area contributed by atoms with Crippen molar-refractivity contribution in [2.75, 3.05) is 6.54 Å². The molecule has 0 spiro atoms. The zero-order valence-electron chi connectivity index (χ0n) is 7.80. The summed E-state index contributed by atoms with van der Waals surface area (Å²) in [5.74, 6) is -0.900. The Morgan fingerprint density at radius 2 is 2.13 bits per heavy atom. The van der Waals surface area contributed by atoms with Gasteiger partial charge in [-0.1, -0.05) is 6.07 Å². The molecule has 0 unspecified atom stereocenters. The third-order valence-corrected chi connectivity index (χ3v) is 1.88. The fourth-order valence-corrected chi connectivity index (χ4v) is 1.10. The molecule has 0 atom stereocenters. The molecule has 0 aromatic heterocycles. The number of hydrogen-bond acceptors (Lipinski definition) is 2. The van der Waals surface area contributed by atoms with Gasteiger partial charge in [-0.2, -0.15) is 0 Å². The molecular formula is C10H9ClFNO2. The van der Waals surface area contributed by atoms with E-state index in [4.69, 9.17) is 11.6 Å². The van der Waals surface area contributed by atoms with E-state index in [9.17, 15) is 14.0 Å². The van der Waals surface area contributed by atoms with Crippen molar-refractivity contribution in [1.29, 1.82) is 0 Å². The van der Waals surface area contributed by atoms with E-state index in [0.29, 0.717) is 0 Å². The largest absolute Gasteiger partial charge is 0.352 e. The van der Waals surface area contributed by atoms with Crippen LogP contribution in [0.25, 0.3) is 0 Å². The highest BCUT2D eigenvalue weighted by Crippen LogP contribution is 2.03. The summed E-state index contributed by atoms with van der Waals surface area (Å²) in [5, 5.41) is 1.93. The second-order valence-electron chi connectivity index (χ2n) is 2.87. The van der Waals surface area contributed by atoms with Crippen LogP contribution in [0.3, 0.4) is 0 Å². The number of carbonyl (C=O) groups excluding carboxylic acids is 2. The molecule has 0 saturated carbocycles. The molecule has 0 bridgehead atoms. The lowest BCUT2D eigenvalue weighted by molar-refractivity contribution is -0.111. The van der Waals surface area contributed by atoms with Crippen molar-refractivity contribution in [1.82, 2.24) is 5.32 Å². The smallest absolute Gasteiger partial charge is 0.251 e. The van der Waals surface area contributed by atoms with E-state index in [1.54, 1.807) is 0 Å². The van der Waals surface area contributed by atoms with Gasteiger partial charge in [-0.15, -0.1) is 0 Å². The van der Waals surface area contributed by atoms with Crippen molar-refractivity contribution in [2.24, 2.45) is 0 Å². The minimum Gasteiger partial charge on any atom is -0.352 e. The molecule has 0 saturated heterocycles. The monoisotopic (exact) mass is 229 g/mol. The summed E-state index contributed by atoms with van der Waals surface area (Å²) in [6.07, 6.45) is 0.0581. The molecule has 1 amide bonds. The topological polar surface area (TPSA) is 46.2 Å². The Morgan fingerprint density at radius 3 is 2.73 bits per heavy atom. The molecule has 0 aliphatic heterocycles. The predicted molar refractivity (Wildman–Crippen MR) is 54.2 cm³/mol. The highest BCUT2D eigenvalue weighted by Gasteiger charge is 2.05. The van der Waals surface area contributed by atoms with E-state index in [-0.39, 0.29) is 18.5 Å². The van der Waals surface area contributed by atoms with Gasteiger partial charge in [0.05, 0.1) is 0 Å². The summed E-state index contributed by atoms with van der Waals surface area (Å²) in [6.45, 7) is 0.150. The van der Waals surface area contributed by atoms with Crippen LogP contribution in [0.1, 0.15) is 16.8 Å². The number of carbonyl (C=O) groups is 2. The van der Waals surface area contributed by atoms with Crippen LogP contribution < -0.4 is 5.32 Å². The lowest BCUT2D eigenvalue weighted by Gasteiger charge is -2.02. The summed E-state index contributed by atoms with van der Waals surface area (Å²) in [5.41, 5.74) is 0.219. The highest BCUT2D eigenvalue weighted by molar-refractivity contribution is 6.63. The Balaban J connectivity index is 2.50. The number of amides is 1. The molecule has 0 aliphatic rings. The lowest BCUT2D eigenvalue weighted by Crippen LogP contribution is -2.25. The van der Waals surface area contributed by atoms with E-state index in [1.807, 2.05) is 0 Å². The fraction of sp³-hybridized carbons (Fsp3) is 0.200. The predicted octanol–water partition coefficient (Wildman–Crippen LogP) is 1.71. The van der Waals surface area contributed by atoms with Gasteiger partial charge in [-0.25, -0.2) is 4.39 Å². The zero-order valence-corrected chi connectivity index (χ0v) is 8.55. The molecule has 0 heterocycles. The summed E-state index contributed by atoms with van der Waals surface area (Å²) in [4.78, 5) is 21.7. The van der Waals surface area contributed by atoms with E-state index < -0.39 is 17.0 Å². The van der Waals surface area contributed by atoms with Crippen LogP contribution in [0.15, 0.2) is 24.3 Å². The second-order valence-corrected chi connectivity index (χ2v) is 3.29. The fourth-order valence-electron chi connectivity index (χ4n) is 1.01. The number of rotatable bonds is 4. The van der Waals surface area contributed by atoms with Crippen LogP contribution in [0.5, 0.6) is 0 Å². The Bertz CT molecular complexity index is 381.